The molecule has 2 heterocycles. The van der Waals surface area contributed by atoms with Crippen LogP contribution < -0.4 is 4.74 Å². The number of hydrogen-bond acceptors (Lipinski definition) is 5. The van der Waals surface area contributed by atoms with Crippen molar-refractivity contribution in [3.63, 3.8) is 0 Å². The van der Waals surface area contributed by atoms with E-state index in [4.69, 9.17) is 19.2 Å². The van der Waals surface area contributed by atoms with E-state index >= 15 is 0 Å². The molecule has 0 radical (unpaired) electrons. The fourth-order valence-electron chi connectivity index (χ4n) is 3.94. The lowest BCUT2D eigenvalue weighted by molar-refractivity contribution is 0.287. The molecule has 2 aromatic heterocycles. The zero-order chi connectivity index (χ0) is 19.6. The summed E-state index contributed by atoms with van der Waals surface area (Å²) >= 11 is 0. The van der Waals surface area contributed by atoms with Crippen LogP contribution in [0.15, 0.2) is 10.7 Å². The third kappa shape index (κ3) is 4.17. The molecule has 0 spiro atoms. The second kappa shape index (κ2) is 7.99. The Balaban J connectivity index is 1.90. The fraction of sp³-hybridized carbons (Fsp3) is 0.682. The van der Waals surface area contributed by atoms with Gasteiger partial charge in [0.15, 0.2) is 0 Å². The molecule has 0 aromatic carbocycles. The van der Waals surface area contributed by atoms with Crippen LogP contribution in [0.4, 0.5) is 0 Å². The predicted octanol–water partition coefficient (Wildman–Crippen LogP) is 5.02. The van der Waals surface area contributed by atoms with Gasteiger partial charge in [-0.25, -0.2) is 4.98 Å². The Morgan fingerprint density at radius 1 is 1.26 bits per heavy atom. The number of aromatic nitrogens is 3. The first kappa shape index (κ1) is 19.8. The van der Waals surface area contributed by atoms with Crippen molar-refractivity contribution in [3.05, 3.63) is 34.6 Å². The van der Waals surface area contributed by atoms with Crippen molar-refractivity contribution < 1.29 is 9.26 Å². The van der Waals surface area contributed by atoms with Gasteiger partial charge in [-0.1, -0.05) is 46.2 Å². The monoisotopic (exact) mass is 371 g/mol. The van der Waals surface area contributed by atoms with Crippen molar-refractivity contribution in [3.8, 4) is 5.88 Å². The second-order valence-electron chi connectivity index (χ2n) is 8.72. The number of rotatable bonds is 6. The maximum Gasteiger partial charge on any atom is 0.220 e. The number of fused-ring (bicyclic) bond motifs is 1. The number of nitrogens with zero attached hydrogens (tertiary/aromatic N) is 3. The number of hydrogen-bond donors (Lipinski definition) is 0. The SMILES string of the molecule is CCCc1cnoc1[C@@H](C)[C@@H]1CCc2c(nc(C(C)(C)C)nc2OCC)C1. The maximum absolute atomic E-state index is 5.88. The van der Waals surface area contributed by atoms with E-state index in [1.807, 2.05) is 13.1 Å². The average Bonchev–Trinajstić information content (AvgIpc) is 3.08. The predicted molar refractivity (Wildman–Crippen MR) is 106 cm³/mol. The lowest BCUT2D eigenvalue weighted by Gasteiger charge is -2.30. The van der Waals surface area contributed by atoms with Gasteiger partial charge in [0, 0.05) is 22.5 Å². The summed E-state index contributed by atoms with van der Waals surface area (Å²) in [5.41, 5.74) is 3.50. The van der Waals surface area contributed by atoms with Crippen molar-refractivity contribution in [1.29, 1.82) is 0 Å². The Labute approximate surface area is 162 Å². The molecule has 5 heteroatoms. The highest BCUT2D eigenvalue weighted by molar-refractivity contribution is 5.35. The first-order chi connectivity index (χ1) is 12.8. The molecule has 3 rings (SSSR count). The highest BCUT2D eigenvalue weighted by atomic mass is 16.5. The fourth-order valence-corrected chi connectivity index (χ4v) is 3.94. The van der Waals surface area contributed by atoms with E-state index in [1.54, 1.807) is 0 Å². The minimum atomic E-state index is -0.0985. The Kier molecular flexibility index (Phi) is 5.87. The van der Waals surface area contributed by atoms with Crippen LogP contribution in [0.25, 0.3) is 0 Å². The van der Waals surface area contributed by atoms with E-state index < -0.39 is 0 Å². The van der Waals surface area contributed by atoms with E-state index in [9.17, 15) is 0 Å². The summed E-state index contributed by atoms with van der Waals surface area (Å²) in [5.74, 6) is 3.54. The number of ether oxygens (including phenoxy) is 1. The molecule has 0 amide bonds. The van der Waals surface area contributed by atoms with Gasteiger partial charge in [-0.15, -0.1) is 0 Å². The molecule has 0 unspecified atom stereocenters. The standard InChI is InChI=1S/C22H33N3O2/c1-7-9-16-13-23-27-19(16)14(3)15-10-11-17-18(12-15)24-21(22(4,5)6)25-20(17)26-8-2/h13-15H,7-12H2,1-6H3/t14-,15+/m0/s1. The Bertz CT molecular complexity index is 776. The van der Waals surface area contributed by atoms with Gasteiger partial charge in [0.05, 0.1) is 18.5 Å². The summed E-state index contributed by atoms with van der Waals surface area (Å²) in [5, 5.41) is 4.07. The molecule has 148 valence electrons. The molecule has 2 aromatic rings. The largest absolute Gasteiger partial charge is 0.478 e. The summed E-state index contributed by atoms with van der Waals surface area (Å²) < 4.78 is 11.5. The van der Waals surface area contributed by atoms with Crippen LogP contribution >= 0.6 is 0 Å². The van der Waals surface area contributed by atoms with Gasteiger partial charge in [0.2, 0.25) is 5.88 Å². The Morgan fingerprint density at radius 2 is 2.04 bits per heavy atom. The molecule has 2 atom stereocenters. The molecule has 27 heavy (non-hydrogen) atoms. The summed E-state index contributed by atoms with van der Waals surface area (Å²) in [6, 6.07) is 0. The molecule has 0 bridgehead atoms. The molecule has 0 fully saturated rings. The van der Waals surface area contributed by atoms with E-state index in [2.05, 4.69) is 39.8 Å². The van der Waals surface area contributed by atoms with Crippen molar-refractivity contribution in [2.24, 2.45) is 5.92 Å². The minimum absolute atomic E-state index is 0.0985. The highest BCUT2D eigenvalue weighted by Gasteiger charge is 2.32. The van der Waals surface area contributed by atoms with Crippen LogP contribution in [-0.4, -0.2) is 21.7 Å². The Hall–Kier alpha value is -1.91. The maximum atomic E-state index is 5.88. The van der Waals surface area contributed by atoms with Crippen LogP contribution in [0.2, 0.25) is 0 Å². The van der Waals surface area contributed by atoms with Gasteiger partial charge in [-0.05, 0) is 38.5 Å². The average molecular weight is 372 g/mol. The van der Waals surface area contributed by atoms with Crippen molar-refractivity contribution in [2.45, 2.75) is 85.0 Å². The quantitative estimate of drug-likeness (QED) is 0.713. The smallest absolute Gasteiger partial charge is 0.220 e. The van der Waals surface area contributed by atoms with Crippen LogP contribution in [-0.2, 0) is 24.7 Å². The van der Waals surface area contributed by atoms with Gasteiger partial charge < -0.3 is 9.26 Å². The van der Waals surface area contributed by atoms with Crippen molar-refractivity contribution >= 4 is 0 Å². The molecule has 0 N–H and O–H groups in total. The van der Waals surface area contributed by atoms with Gasteiger partial charge >= 0.3 is 0 Å². The number of aryl methyl sites for hydroxylation is 1. The van der Waals surface area contributed by atoms with E-state index in [-0.39, 0.29) is 5.41 Å². The molecule has 0 aliphatic heterocycles. The molecule has 0 saturated heterocycles. The van der Waals surface area contributed by atoms with Gasteiger partial charge in [0.25, 0.3) is 0 Å². The lowest BCUT2D eigenvalue weighted by atomic mass is 9.77. The second-order valence-corrected chi connectivity index (χ2v) is 8.72. The normalized spacial score (nSPS) is 18.2. The topological polar surface area (TPSA) is 61.0 Å². The lowest BCUT2D eigenvalue weighted by Crippen LogP contribution is -2.25. The first-order valence-electron chi connectivity index (χ1n) is 10.3. The molecule has 1 aliphatic rings. The molecule has 5 nitrogen and oxygen atoms in total. The summed E-state index contributed by atoms with van der Waals surface area (Å²) in [6.07, 6.45) is 7.01. The van der Waals surface area contributed by atoms with E-state index in [0.29, 0.717) is 18.4 Å². The molecular weight excluding hydrogens is 338 g/mol. The van der Waals surface area contributed by atoms with Crippen LogP contribution in [0, 0.1) is 5.92 Å². The third-order valence-electron chi connectivity index (χ3n) is 5.54. The van der Waals surface area contributed by atoms with Crippen LogP contribution in [0.1, 0.15) is 88.7 Å². The van der Waals surface area contributed by atoms with E-state index in [0.717, 1.165) is 55.3 Å². The molecular formula is C22H33N3O2. The van der Waals surface area contributed by atoms with Crippen LogP contribution in [0.3, 0.4) is 0 Å². The van der Waals surface area contributed by atoms with Crippen molar-refractivity contribution in [1.82, 2.24) is 15.1 Å². The van der Waals surface area contributed by atoms with Gasteiger partial charge in [-0.3, -0.25) is 0 Å². The summed E-state index contributed by atoms with van der Waals surface area (Å²) in [4.78, 5) is 9.71. The van der Waals surface area contributed by atoms with Crippen LogP contribution in [0.5, 0.6) is 5.88 Å². The van der Waals surface area contributed by atoms with Gasteiger partial charge in [-0.2, -0.15) is 4.98 Å². The first-order valence-corrected chi connectivity index (χ1v) is 10.3. The highest BCUT2D eigenvalue weighted by Crippen LogP contribution is 2.39. The summed E-state index contributed by atoms with van der Waals surface area (Å²) in [7, 11) is 0. The minimum Gasteiger partial charge on any atom is -0.478 e. The van der Waals surface area contributed by atoms with Crippen molar-refractivity contribution in [2.75, 3.05) is 6.61 Å². The van der Waals surface area contributed by atoms with Gasteiger partial charge in [0.1, 0.15) is 11.6 Å². The molecule has 1 aliphatic carbocycles. The Morgan fingerprint density at radius 3 is 2.70 bits per heavy atom. The zero-order valence-electron chi connectivity index (χ0n) is 17.6. The summed E-state index contributed by atoms with van der Waals surface area (Å²) in [6.45, 7) is 13.6. The third-order valence-corrected chi connectivity index (χ3v) is 5.54. The molecule has 0 saturated carbocycles. The zero-order valence-corrected chi connectivity index (χ0v) is 17.6. The van der Waals surface area contributed by atoms with E-state index in [1.165, 1.54) is 11.1 Å².